The summed E-state index contributed by atoms with van der Waals surface area (Å²) >= 11 is 0. The Morgan fingerprint density at radius 1 is 1.06 bits per heavy atom. The smallest absolute Gasteiger partial charge is 0.00432 e. The average Bonchev–Trinajstić information content (AvgIpc) is 2.28. The van der Waals surface area contributed by atoms with Crippen LogP contribution in [-0.4, -0.2) is 6.54 Å². The van der Waals surface area contributed by atoms with E-state index in [4.69, 9.17) is 5.73 Å². The quantitative estimate of drug-likeness (QED) is 0.779. The first-order valence-corrected chi connectivity index (χ1v) is 6.45. The molecule has 0 aliphatic rings. The fourth-order valence-electron chi connectivity index (χ4n) is 2.02. The van der Waals surface area contributed by atoms with E-state index in [1.54, 1.807) is 0 Å². The van der Waals surface area contributed by atoms with Gasteiger partial charge in [0, 0.05) is 0 Å². The first-order valence-electron chi connectivity index (χ1n) is 6.45. The van der Waals surface area contributed by atoms with Gasteiger partial charge >= 0.3 is 0 Å². The van der Waals surface area contributed by atoms with Crippen LogP contribution in [0.5, 0.6) is 0 Å². The molecule has 0 aromatic heterocycles. The van der Waals surface area contributed by atoms with Crippen molar-refractivity contribution in [2.24, 2.45) is 17.6 Å². The van der Waals surface area contributed by atoms with Gasteiger partial charge in [0.2, 0.25) is 0 Å². The molecule has 1 rings (SSSR count). The van der Waals surface area contributed by atoms with Crippen molar-refractivity contribution in [3.8, 4) is 0 Å². The molecule has 0 fully saturated rings. The molecule has 1 aromatic carbocycles. The van der Waals surface area contributed by atoms with Crippen LogP contribution in [0.3, 0.4) is 0 Å². The second-order valence-corrected chi connectivity index (χ2v) is 5.01. The third-order valence-electron chi connectivity index (χ3n) is 3.31. The SMILES string of the molecule is CCCc1ccc(CC(CN)C(C)C)cc1. The molecule has 0 aliphatic heterocycles. The van der Waals surface area contributed by atoms with Crippen LogP contribution in [0.2, 0.25) is 0 Å². The average molecular weight is 219 g/mol. The molecule has 1 atom stereocenters. The number of nitrogens with two attached hydrogens (primary N) is 1. The Morgan fingerprint density at radius 2 is 1.62 bits per heavy atom. The van der Waals surface area contributed by atoms with Gasteiger partial charge in [-0.2, -0.15) is 0 Å². The molecule has 0 amide bonds. The summed E-state index contributed by atoms with van der Waals surface area (Å²) in [5.74, 6) is 1.28. The summed E-state index contributed by atoms with van der Waals surface area (Å²) in [6.45, 7) is 7.51. The highest BCUT2D eigenvalue weighted by molar-refractivity contribution is 5.23. The molecule has 2 N–H and O–H groups in total. The van der Waals surface area contributed by atoms with Crippen LogP contribution in [0, 0.1) is 11.8 Å². The molecule has 0 saturated carbocycles. The van der Waals surface area contributed by atoms with Crippen LogP contribution in [0.15, 0.2) is 24.3 Å². The molecular formula is C15H25N. The first kappa shape index (κ1) is 13.2. The minimum atomic E-state index is 0.608. The molecular weight excluding hydrogens is 194 g/mol. The molecule has 0 spiro atoms. The van der Waals surface area contributed by atoms with Gasteiger partial charge < -0.3 is 5.73 Å². The second kappa shape index (κ2) is 6.70. The Hall–Kier alpha value is -0.820. The Kier molecular flexibility index (Phi) is 5.54. The Bertz CT molecular complexity index is 287. The topological polar surface area (TPSA) is 26.0 Å². The summed E-state index contributed by atoms with van der Waals surface area (Å²) in [6, 6.07) is 9.03. The standard InChI is InChI=1S/C15H25N/c1-4-5-13-6-8-14(9-7-13)10-15(11-16)12(2)3/h6-9,12,15H,4-5,10-11,16H2,1-3H3. The maximum atomic E-state index is 5.80. The molecule has 1 unspecified atom stereocenters. The minimum absolute atomic E-state index is 0.608. The fourth-order valence-corrected chi connectivity index (χ4v) is 2.02. The molecule has 1 aromatic rings. The molecule has 1 nitrogen and oxygen atoms in total. The van der Waals surface area contributed by atoms with E-state index in [2.05, 4.69) is 45.0 Å². The lowest BCUT2D eigenvalue weighted by Crippen LogP contribution is -2.22. The van der Waals surface area contributed by atoms with Gasteiger partial charge in [0.1, 0.15) is 0 Å². The zero-order chi connectivity index (χ0) is 12.0. The van der Waals surface area contributed by atoms with Gasteiger partial charge in [0.15, 0.2) is 0 Å². The molecule has 0 aliphatic carbocycles. The van der Waals surface area contributed by atoms with Crippen molar-refractivity contribution < 1.29 is 0 Å². The van der Waals surface area contributed by atoms with E-state index in [-0.39, 0.29) is 0 Å². The van der Waals surface area contributed by atoms with Crippen molar-refractivity contribution in [3.63, 3.8) is 0 Å². The van der Waals surface area contributed by atoms with E-state index < -0.39 is 0 Å². The van der Waals surface area contributed by atoms with Crippen molar-refractivity contribution >= 4 is 0 Å². The predicted molar refractivity (Wildman–Crippen MR) is 71.5 cm³/mol. The van der Waals surface area contributed by atoms with E-state index in [1.165, 1.54) is 24.0 Å². The summed E-state index contributed by atoms with van der Waals surface area (Å²) in [5.41, 5.74) is 8.66. The summed E-state index contributed by atoms with van der Waals surface area (Å²) < 4.78 is 0. The highest BCUT2D eigenvalue weighted by Gasteiger charge is 2.11. The van der Waals surface area contributed by atoms with E-state index in [0.717, 1.165) is 13.0 Å². The van der Waals surface area contributed by atoms with Crippen LogP contribution < -0.4 is 5.73 Å². The van der Waals surface area contributed by atoms with E-state index >= 15 is 0 Å². The maximum Gasteiger partial charge on any atom is -0.00432 e. The summed E-state index contributed by atoms with van der Waals surface area (Å²) in [5, 5.41) is 0. The molecule has 0 heterocycles. The van der Waals surface area contributed by atoms with Crippen LogP contribution in [0.1, 0.15) is 38.3 Å². The fraction of sp³-hybridized carbons (Fsp3) is 0.600. The molecule has 1 heteroatoms. The minimum Gasteiger partial charge on any atom is -0.330 e. The zero-order valence-electron chi connectivity index (χ0n) is 10.9. The lowest BCUT2D eigenvalue weighted by atomic mass is 9.89. The van der Waals surface area contributed by atoms with Gasteiger partial charge in [-0.1, -0.05) is 51.5 Å². The van der Waals surface area contributed by atoms with Gasteiger partial charge in [-0.25, -0.2) is 0 Å². The van der Waals surface area contributed by atoms with Crippen LogP contribution >= 0.6 is 0 Å². The first-order chi connectivity index (χ1) is 7.67. The van der Waals surface area contributed by atoms with Crippen LogP contribution in [0.4, 0.5) is 0 Å². The summed E-state index contributed by atoms with van der Waals surface area (Å²) in [7, 11) is 0. The third kappa shape index (κ3) is 3.97. The van der Waals surface area contributed by atoms with Crippen LogP contribution in [0.25, 0.3) is 0 Å². The van der Waals surface area contributed by atoms with Gasteiger partial charge in [-0.3, -0.25) is 0 Å². The van der Waals surface area contributed by atoms with Crippen molar-refractivity contribution in [2.75, 3.05) is 6.54 Å². The maximum absolute atomic E-state index is 5.80. The van der Waals surface area contributed by atoms with Crippen LogP contribution in [-0.2, 0) is 12.8 Å². The highest BCUT2D eigenvalue weighted by Crippen LogP contribution is 2.17. The lowest BCUT2D eigenvalue weighted by molar-refractivity contribution is 0.392. The van der Waals surface area contributed by atoms with Gasteiger partial charge in [0.25, 0.3) is 0 Å². The monoisotopic (exact) mass is 219 g/mol. The molecule has 0 saturated heterocycles. The molecule has 0 radical (unpaired) electrons. The normalized spacial score (nSPS) is 13.1. The van der Waals surface area contributed by atoms with E-state index in [0.29, 0.717) is 11.8 Å². The summed E-state index contributed by atoms with van der Waals surface area (Å²) in [6.07, 6.45) is 3.52. The van der Waals surface area contributed by atoms with Crippen molar-refractivity contribution in [1.82, 2.24) is 0 Å². The van der Waals surface area contributed by atoms with Crippen molar-refractivity contribution in [1.29, 1.82) is 0 Å². The number of hydrogen-bond acceptors (Lipinski definition) is 1. The number of aryl methyl sites for hydroxylation is 1. The van der Waals surface area contributed by atoms with Crippen molar-refractivity contribution in [3.05, 3.63) is 35.4 Å². The zero-order valence-corrected chi connectivity index (χ0v) is 10.9. The predicted octanol–water partition coefficient (Wildman–Crippen LogP) is 3.41. The van der Waals surface area contributed by atoms with Crippen molar-refractivity contribution in [2.45, 2.75) is 40.0 Å². The summed E-state index contributed by atoms with van der Waals surface area (Å²) in [4.78, 5) is 0. The second-order valence-electron chi connectivity index (χ2n) is 5.01. The van der Waals surface area contributed by atoms with Gasteiger partial charge in [-0.05, 0) is 42.3 Å². The largest absolute Gasteiger partial charge is 0.330 e. The Balaban J connectivity index is 2.60. The molecule has 16 heavy (non-hydrogen) atoms. The Morgan fingerprint density at radius 3 is 2.06 bits per heavy atom. The van der Waals surface area contributed by atoms with Gasteiger partial charge in [-0.15, -0.1) is 0 Å². The number of hydrogen-bond donors (Lipinski definition) is 1. The molecule has 90 valence electrons. The third-order valence-corrected chi connectivity index (χ3v) is 3.31. The Labute approximate surface area is 100 Å². The highest BCUT2D eigenvalue weighted by atomic mass is 14.5. The lowest BCUT2D eigenvalue weighted by Gasteiger charge is -2.18. The van der Waals surface area contributed by atoms with E-state index in [9.17, 15) is 0 Å². The number of rotatable bonds is 6. The molecule has 0 bridgehead atoms. The van der Waals surface area contributed by atoms with E-state index in [1.807, 2.05) is 0 Å². The number of benzene rings is 1. The van der Waals surface area contributed by atoms with Gasteiger partial charge in [0.05, 0.1) is 0 Å².